The minimum Gasteiger partial charge on any atom is -0.472 e. The third kappa shape index (κ3) is 8.90. The van der Waals surface area contributed by atoms with E-state index in [2.05, 4.69) is 25.9 Å². The molecule has 3 N–H and O–H groups in total. The fraction of sp³-hybridized carbons (Fsp3) is 0.613. The van der Waals surface area contributed by atoms with Crippen LogP contribution in [-0.2, 0) is 9.59 Å². The Balaban J connectivity index is 1.59. The van der Waals surface area contributed by atoms with Crippen molar-refractivity contribution in [1.29, 1.82) is 0 Å². The Morgan fingerprint density at radius 1 is 1.09 bits per heavy atom. The van der Waals surface area contributed by atoms with Gasteiger partial charge in [0, 0.05) is 35.8 Å². The van der Waals surface area contributed by atoms with E-state index in [-0.39, 0.29) is 18.7 Å². The second kappa shape index (κ2) is 13.8. The number of urea groups is 1. The summed E-state index contributed by atoms with van der Waals surface area (Å²) in [6.07, 6.45) is 6.26. The lowest BCUT2D eigenvalue weighted by atomic mass is 9.80. The van der Waals surface area contributed by atoms with E-state index in [9.17, 15) is 19.2 Å². The van der Waals surface area contributed by atoms with Crippen LogP contribution in [0.1, 0.15) is 83.4 Å². The monoisotopic (exact) mass is 646 g/mol. The average molecular weight is 647 g/mol. The number of aromatic nitrogens is 2. The fourth-order valence-electron chi connectivity index (χ4n) is 5.36. The minimum atomic E-state index is -0.949. The van der Waals surface area contributed by atoms with Crippen molar-refractivity contribution in [3.05, 3.63) is 39.9 Å². The van der Waals surface area contributed by atoms with Crippen molar-refractivity contribution in [2.24, 2.45) is 11.3 Å². The quantitative estimate of drug-likeness (QED) is 0.320. The van der Waals surface area contributed by atoms with Crippen molar-refractivity contribution < 1.29 is 23.9 Å². The molecule has 4 rings (SSSR count). The lowest BCUT2D eigenvalue weighted by Gasteiger charge is -2.36. The van der Waals surface area contributed by atoms with Gasteiger partial charge < -0.3 is 25.6 Å². The van der Waals surface area contributed by atoms with E-state index in [1.54, 1.807) is 23.7 Å². The van der Waals surface area contributed by atoms with E-state index < -0.39 is 53.0 Å². The van der Waals surface area contributed by atoms with E-state index in [4.69, 9.17) is 16.3 Å². The summed E-state index contributed by atoms with van der Waals surface area (Å²) in [5, 5.41) is 11.2. The van der Waals surface area contributed by atoms with E-state index in [0.717, 1.165) is 19.3 Å². The van der Waals surface area contributed by atoms with Crippen LogP contribution in [-0.4, -0.2) is 74.8 Å². The molecule has 240 valence electrons. The summed E-state index contributed by atoms with van der Waals surface area (Å²) in [5.74, 6) is -0.450. The van der Waals surface area contributed by atoms with Crippen LogP contribution >= 0.6 is 22.9 Å². The first kappa shape index (κ1) is 33.6. The second-order valence-corrected chi connectivity index (χ2v) is 15.1. The molecule has 0 aromatic carbocycles. The molecule has 0 bridgehead atoms. The number of ether oxygens (including phenoxy) is 1. The molecule has 2 fully saturated rings. The third-order valence-electron chi connectivity index (χ3n) is 7.78. The van der Waals surface area contributed by atoms with Gasteiger partial charge in [0.05, 0.1) is 17.6 Å². The molecule has 2 aromatic rings. The Hall–Kier alpha value is -3.25. The highest BCUT2D eigenvalue weighted by Crippen LogP contribution is 2.32. The summed E-state index contributed by atoms with van der Waals surface area (Å²) in [6.45, 7) is 11.2. The number of nitrogens with one attached hydrogen (secondary N) is 3. The number of carbonyl (C=O) groups is 4. The zero-order chi connectivity index (χ0) is 32.2. The number of likely N-dealkylation sites (tertiary alicyclic amines) is 1. The van der Waals surface area contributed by atoms with Gasteiger partial charge in [-0.1, -0.05) is 51.6 Å². The second-order valence-electron chi connectivity index (χ2n) is 13.7. The van der Waals surface area contributed by atoms with Crippen molar-refractivity contribution in [3.8, 4) is 5.88 Å². The molecule has 1 saturated carbocycles. The standard InChI is InChI=1S/C31H43ClN6O5S/c1-30(2,3)25(36-29(42)37-31(4,5)6)28(41)38-17-20(43-23-11-10-19(32)16-34-23)15-22(38)26(40)35-21(14-18-8-7-9-18)24(39)27-33-12-13-44-27/h10-13,16,18,20-22,25H,7-9,14-15,17H2,1-6H3,(H,35,40)(H2,36,37,42)/t20?,21?,22-,25?/m1/s1. The highest BCUT2D eigenvalue weighted by molar-refractivity contribution is 7.11. The van der Waals surface area contributed by atoms with Crippen molar-refractivity contribution >= 4 is 46.6 Å². The molecule has 44 heavy (non-hydrogen) atoms. The Bertz CT molecular complexity index is 1320. The van der Waals surface area contributed by atoms with E-state index in [1.807, 2.05) is 41.5 Å². The first-order chi connectivity index (χ1) is 20.6. The number of hydrogen-bond acceptors (Lipinski definition) is 8. The number of Topliss-reactive ketones (excluding diaryl/α,β-unsaturated/α-hetero) is 1. The van der Waals surface area contributed by atoms with Gasteiger partial charge in [-0.25, -0.2) is 14.8 Å². The van der Waals surface area contributed by atoms with Gasteiger partial charge in [0.25, 0.3) is 0 Å². The van der Waals surface area contributed by atoms with E-state index in [0.29, 0.717) is 28.2 Å². The van der Waals surface area contributed by atoms with Crippen molar-refractivity contribution in [2.75, 3.05) is 6.54 Å². The SMILES string of the molecule is CC(C)(C)NC(=O)NC(C(=O)N1CC(Oc2ccc(Cl)cn2)C[C@@H]1C(=O)NC(CC1CCC1)C(=O)c1nccs1)C(C)(C)C. The van der Waals surface area contributed by atoms with Gasteiger partial charge in [0.2, 0.25) is 23.5 Å². The highest BCUT2D eigenvalue weighted by atomic mass is 35.5. The molecule has 13 heteroatoms. The molecule has 1 aliphatic heterocycles. The zero-order valence-corrected chi connectivity index (χ0v) is 27.8. The molecule has 1 saturated heterocycles. The fourth-order valence-corrected chi connectivity index (χ4v) is 6.10. The van der Waals surface area contributed by atoms with Gasteiger partial charge in [-0.05, 0) is 44.6 Å². The van der Waals surface area contributed by atoms with Gasteiger partial charge in [0.1, 0.15) is 18.2 Å². The zero-order valence-electron chi connectivity index (χ0n) is 26.2. The number of thiazole rings is 1. The van der Waals surface area contributed by atoms with Crippen LogP contribution < -0.4 is 20.7 Å². The average Bonchev–Trinajstić information content (AvgIpc) is 3.58. The maximum absolute atomic E-state index is 14.2. The number of carbonyl (C=O) groups excluding carboxylic acids is 4. The number of pyridine rings is 1. The first-order valence-electron chi connectivity index (χ1n) is 15.0. The van der Waals surface area contributed by atoms with Crippen molar-refractivity contribution in [1.82, 2.24) is 30.8 Å². The summed E-state index contributed by atoms with van der Waals surface area (Å²) in [5.41, 5.74) is -1.20. The number of amides is 4. The van der Waals surface area contributed by atoms with Crippen LogP contribution in [0.3, 0.4) is 0 Å². The van der Waals surface area contributed by atoms with Gasteiger partial charge in [-0.2, -0.15) is 0 Å². The topological polar surface area (TPSA) is 143 Å². The molecule has 0 spiro atoms. The molecule has 1 aliphatic carbocycles. The van der Waals surface area contributed by atoms with E-state index in [1.165, 1.54) is 22.4 Å². The molecule has 11 nitrogen and oxygen atoms in total. The van der Waals surface area contributed by atoms with Crippen LogP contribution in [0.5, 0.6) is 5.88 Å². The number of nitrogens with zero attached hydrogens (tertiary/aromatic N) is 3. The molecule has 2 aliphatic rings. The van der Waals surface area contributed by atoms with Gasteiger partial charge in [-0.15, -0.1) is 11.3 Å². The molecular weight excluding hydrogens is 604 g/mol. The molecule has 0 radical (unpaired) electrons. The van der Waals surface area contributed by atoms with Gasteiger partial charge in [-0.3, -0.25) is 14.4 Å². The van der Waals surface area contributed by atoms with Crippen molar-refractivity contribution in [3.63, 3.8) is 0 Å². The maximum Gasteiger partial charge on any atom is 0.315 e. The summed E-state index contributed by atoms with van der Waals surface area (Å²) in [7, 11) is 0. The summed E-state index contributed by atoms with van der Waals surface area (Å²) in [4.78, 5) is 64.4. The smallest absolute Gasteiger partial charge is 0.315 e. The summed E-state index contributed by atoms with van der Waals surface area (Å²) < 4.78 is 6.09. The summed E-state index contributed by atoms with van der Waals surface area (Å²) >= 11 is 7.22. The number of halogens is 1. The predicted octanol–water partition coefficient (Wildman–Crippen LogP) is 4.61. The Morgan fingerprint density at radius 3 is 2.36 bits per heavy atom. The molecule has 3 unspecified atom stereocenters. The lowest BCUT2D eigenvalue weighted by Crippen LogP contribution is -2.61. The molecule has 3 heterocycles. The lowest BCUT2D eigenvalue weighted by molar-refractivity contribution is -0.142. The Labute approximate surface area is 267 Å². The van der Waals surface area contributed by atoms with Gasteiger partial charge in [0.15, 0.2) is 5.01 Å². The Morgan fingerprint density at radius 2 is 1.82 bits per heavy atom. The molecule has 4 amide bonds. The number of rotatable bonds is 10. The summed E-state index contributed by atoms with van der Waals surface area (Å²) in [6, 6.07) is 0.135. The number of ketones is 1. The maximum atomic E-state index is 14.2. The van der Waals surface area contributed by atoms with Crippen LogP contribution in [0, 0.1) is 11.3 Å². The van der Waals surface area contributed by atoms with Crippen LogP contribution in [0.4, 0.5) is 4.79 Å². The minimum absolute atomic E-state index is 0.0874. The van der Waals surface area contributed by atoms with Crippen LogP contribution in [0.15, 0.2) is 29.9 Å². The van der Waals surface area contributed by atoms with Crippen LogP contribution in [0.25, 0.3) is 0 Å². The molecular formula is C31H43ClN6O5S. The van der Waals surface area contributed by atoms with Crippen LogP contribution in [0.2, 0.25) is 5.02 Å². The first-order valence-corrected chi connectivity index (χ1v) is 16.3. The van der Waals surface area contributed by atoms with Gasteiger partial charge >= 0.3 is 6.03 Å². The third-order valence-corrected chi connectivity index (χ3v) is 8.79. The number of hydrogen-bond donors (Lipinski definition) is 3. The predicted molar refractivity (Wildman–Crippen MR) is 169 cm³/mol. The highest BCUT2D eigenvalue weighted by Gasteiger charge is 2.46. The van der Waals surface area contributed by atoms with Crippen molar-refractivity contribution in [2.45, 2.75) is 103 Å². The molecule has 2 aromatic heterocycles. The Kier molecular flexibility index (Phi) is 10.6. The largest absolute Gasteiger partial charge is 0.472 e. The molecule has 4 atom stereocenters. The normalized spacial score (nSPS) is 20.3. The van der Waals surface area contributed by atoms with E-state index >= 15 is 0 Å².